The van der Waals surface area contributed by atoms with Gasteiger partial charge in [0.2, 0.25) is 0 Å². The van der Waals surface area contributed by atoms with Crippen LogP contribution in [-0.2, 0) is 25.6 Å². The van der Waals surface area contributed by atoms with E-state index in [9.17, 15) is 28.8 Å². The van der Waals surface area contributed by atoms with Crippen LogP contribution in [0.1, 0.15) is 95.5 Å². The predicted molar refractivity (Wildman–Crippen MR) is 238 cm³/mol. The molecule has 0 saturated carbocycles. The molecule has 1 aromatic carbocycles. The number of carbonyl (C=O) groups is 6. The van der Waals surface area contributed by atoms with Crippen LogP contribution in [0.15, 0.2) is 67.3 Å². The van der Waals surface area contributed by atoms with Crippen molar-refractivity contribution in [3.05, 3.63) is 95.1 Å². The molecule has 2 aliphatic heterocycles. The number of aromatic nitrogens is 4. The minimum atomic E-state index is -0.652. The van der Waals surface area contributed by atoms with Gasteiger partial charge in [-0.2, -0.15) is 10.2 Å². The number of anilines is 2. The fourth-order valence-corrected chi connectivity index (χ4v) is 7.56. The van der Waals surface area contributed by atoms with Crippen molar-refractivity contribution >= 4 is 58.3 Å². The lowest BCUT2D eigenvalue weighted by molar-refractivity contribution is 0.0287. The second-order valence-electron chi connectivity index (χ2n) is 16.9. The molecule has 4 aromatic heterocycles. The number of likely N-dealkylation sites (tertiary alicyclic amines) is 2. The van der Waals surface area contributed by atoms with Gasteiger partial charge >= 0.3 is 24.1 Å². The number of nitrogens with one attached hydrogen (secondary N) is 2. The van der Waals surface area contributed by atoms with Crippen LogP contribution in [0.2, 0.25) is 0 Å². The van der Waals surface area contributed by atoms with Crippen LogP contribution in [0.4, 0.5) is 21.0 Å². The van der Waals surface area contributed by atoms with Crippen LogP contribution >= 0.6 is 0 Å². The molecule has 65 heavy (non-hydrogen) atoms. The third-order valence-corrected chi connectivity index (χ3v) is 10.8. The molecular weight excluding hydrogens is 841 g/mol. The van der Waals surface area contributed by atoms with E-state index in [0.29, 0.717) is 59.7 Å². The lowest BCUT2D eigenvalue weighted by atomic mass is 10.1. The van der Waals surface area contributed by atoms with Crippen LogP contribution in [0.5, 0.6) is 0 Å². The Balaban J connectivity index is 0.000000216. The first-order chi connectivity index (χ1) is 30.9. The topological polar surface area (TPSA) is 257 Å². The summed E-state index contributed by atoms with van der Waals surface area (Å²) in [4.78, 5) is 76.9. The van der Waals surface area contributed by atoms with Crippen LogP contribution in [0, 0.1) is 11.8 Å². The van der Waals surface area contributed by atoms with Gasteiger partial charge in [0.1, 0.15) is 12.2 Å². The summed E-state index contributed by atoms with van der Waals surface area (Å²) in [5.74, 6) is -2.11. The van der Waals surface area contributed by atoms with Gasteiger partial charge in [-0.1, -0.05) is 44.2 Å². The molecule has 2 saturated heterocycles. The molecule has 2 fully saturated rings. The van der Waals surface area contributed by atoms with Gasteiger partial charge in [-0.05, 0) is 64.2 Å². The fourth-order valence-electron chi connectivity index (χ4n) is 7.56. The number of fused-ring (bicyclic) bond motifs is 2. The van der Waals surface area contributed by atoms with Gasteiger partial charge in [-0.25, -0.2) is 28.2 Å². The number of carbonyl (C=O) groups excluding carboxylic acids is 6. The molecule has 0 bridgehead atoms. The number of hydrogen-bond acceptors (Lipinski definition) is 14. The number of hydrogen-bond donors (Lipinski definition) is 4. The van der Waals surface area contributed by atoms with E-state index in [2.05, 4.69) is 20.8 Å². The summed E-state index contributed by atoms with van der Waals surface area (Å²) in [6.45, 7) is 15.4. The molecule has 6 heterocycles. The van der Waals surface area contributed by atoms with Gasteiger partial charge in [-0.15, -0.1) is 0 Å². The second kappa shape index (κ2) is 20.0. The lowest BCUT2D eigenvalue weighted by Gasteiger charge is -2.24. The van der Waals surface area contributed by atoms with E-state index in [0.717, 1.165) is 5.56 Å². The standard InChI is InChI=1S/C24H27N5O5.C21H29N5O5/c1-3-33-23(31)17-9-20-21(18(22(25)30)10-26-29(20)12-17)27-19-13-28(11-15(19)2)24(32)34-14-16-7-5-4-6-8-16;1-6-30-19(28)13-7-16-17(14(18(22)27)8-23-26(16)10-13)24-15-11-25(9-12(15)2)20(29)31-21(3,4)5/h4-10,12,15,19,27H,3,11,13-14H2,1-2H3,(H2,25,30);7-8,10,12,15,24H,6,9,11H2,1-5H3,(H2,22,27)/t15-,19+;12-,15+/m00/s1. The van der Waals surface area contributed by atoms with E-state index in [1.165, 1.54) is 33.8 Å². The van der Waals surface area contributed by atoms with E-state index >= 15 is 0 Å². The summed E-state index contributed by atoms with van der Waals surface area (Å²) in [6.07, 6.45) is 5.01. The quantitative estimate of drug-likeness (QED) is 0.0955. The average Bonchev–Trinajstić information content (AvgIpc) is 4.06. The molecule has 5 aromatic rings. The van der Waals surface area contributed by atoms with E-state index in [1.807, 2.05) is 65.0 Å². The highest BCUT2D eigenvalue weighted by molar-refractivity contribution is 6.04. The van der Waals surface area contributed by atoms with Crippen molar-refractivity contribution in [2.75, 3.05) is 50.0 Å². The van der Waals surface area contributed by atoms with E-state index < -0.39 is 35.4 Å². The summed E-state index contributed by atoms with van der Waals surface area (Å²) in [6, 6.07) is 12.4. The zero-order valence-corrected chi connectivity index (χ0v) is 37.5. The Kier molecular flexibility index (Phi) is 14.5. The molecule has 4 atom stereocenters. The molecule has 4 amide bonds. The molecule has 2 aliphatic rings. The number of rotatable bonds is 12. The zero-order valence-electron chi connectivity index (χ0n) is 37.5. The third kappa shape index (κ3) is 11.2. The van der Waals surface area contributed by atoms with E-state index in [-0.39, 0.29) is 61.0 Å². The Morgan fingerprint density at radius 3 is 1.54 bits per heavy atom. The second-order valence-corrected chi connectivity index (χ2v) is 16.9. The smallest absolute Gasteiger partial charge is 0.410 e. The van der Waals surface area contributed by atoms with Crippen molar-refractivity contribution in [3.8, 4) is 0 Å². The molecule has 0 aliphatic carbocycles. The Labute approximate surface area is 375 Å². The molecule has 7 rings (SSSR count). The molecular formula is C45H56N10O10. The summed E-state index contributed by atoms with van der Waals surface area (Å²) >= 11 is 0. The predicted octanol–water partition coefficient (Wildman–Crippen LogP) is 4.96. The van der Waals surface area contributed by atoms with Crippen molar-refractivity contribution < 1.29 is 47.7 Å². The van der Waals surface area contributed by atoms with Crippen LogP contribution in [0.25, 0.3) is 11.0 Å². The third-order valence-electron chi connectivity index (χ3n) is 10.8. The zero-order chi connectivity index (χ0) is 47.2. The van der Waals surface area contributed by atoms with Crippen molar-refractivity contribution in [2.24, 2.45) is 23.3 Å². The van der Waals surface area contributed by atoms with Crippen LogP contribution in [-0.4, -0.2) is 122 Å². The molecule has 0 unspecified atom stereocenters. The Hall–Kier alpha value is -7.38. The average molecular weight is 897 g/mol. The maximum Gasteiger partial charge on any atom is 0.410 e. The maximum atomic E-state index is 12.6. The molecule has 20 heteroatoms. The number of nitrogens with zero attached hydrogens (tertiary/aromatic N) is 6. The monoisotopic (exact) mass is 896 g/mol. The molecule has 20 nitrogen and oxygen atoms in total. The molecule has 346 valence electrons. The number of amides is 4. The van der Waals surface area contributed by atoms with E-state index in [1.54, 1.807) is 35.8 Å². The Morgan fingerprint density at radius 1 is 0.677 bits per heavy atom. The number of ether oxygens (including phenoxy) is 4. The maximum absolute atomic E-state index is 12.6. The SMILES string of the molecule is CCOC(=O)c1cc2c(N[C@@H]3CN(C(=O)OC(C)(C)C)C[C@@H]3C)c(C(N)=O)cnn2c1.CCOC(=O)c1cc2c(N[C@@H]3CN(C(=O)OCc4ccccc4)C[C@@H]3C)c(C(N)=O)cnn2c1. The summed E-state index contributed by atoms with van der Waals surface area (Å²) in [7, 11) is 0. The molecule has 0 spiro atoms. The van der Waals surface area contributed by atoms with Gasteiger partial charge in [-0.3, -0.25) is 9.59 Å². The van der Waals surface area contributed by atoms with Crippen LogP contribution < -0.4 is 22.1 Å². The summed E-state index contributed by atoms with van der Waals surface area (Å²) in [5.41, 5.74) is 14.4. The minimum absolute atomic E-state index is 0.0673. The Bertz CT molecular complexity index is 2570. The largest absolute Gasteiger partial charge is 0.462 e. The summed E-state index contributed by atoms with van der Waals surface area (Å²) < 4.78 is 24.0. The lowest BCUT2D eigenvalue weighted by Crippen LogP contribution is -2.36. The summed E-state index contributed by atoms with van der Waals surface area (Å²) in [5, 5.41) is 15.1. The van der Waals surface area contributed by atoms with Crippen molar-refractivity contribution in [1.82, 2.24) is 29.0 Å². The van der Waals surface area contributed by atoms with Crippen LogP contribution in [0.3, 0.4) is 0 Å². The van der Waals surface area contributed by atoms with Gasteiger partial charge in [0.05, 0.1) is 70.3 Å². The highest BCUT2D eigenvalue weighted by atomic mass is 16.6. The normalized spacial score (nSPS) is 18.1. The highest BCUT2D eigenvalue weighted by Gasteiger charge is 2.37. The fraction of sp³-hybridized carbons (Fsp3) is 0.422. The minimum Gasteiger partial charge on any atom is -0.462 e. The number of nitrogens with two attached hydrogens (primary N) is 2. The van der Waals surface area contributed by atoms with Gasteiger partial charge < -0.3 is 50.8 Å². The first-order valence-electron chi connectivity index (χ1n) is 21.3. The van der Waals surface area contributed by atoms with Crippen molar-refractivity contribution in [1.29, 1.82) is 0 Å². The Morgan fingerprint density at radius 2 is 1.12 bits per heavy atom. The van der Waals surface area contributed by atoms with Crippen molar-refractivity contribution in [2.45, 2.75) is 72.8 Å². The molecule has 0 radical (unpaired) electrons. The first kappa shape index (κ1) is 47.1. The number of benzene rings is 1. The highest BCUT2D eigenvalue weighted by Crippen LogP contribution is 2.31. The van der Waals surface area contributed by atoms with Crippen molar-refractivity contribution in [3.63, 3.8) is 0 Å². The van der Waals surface area contributed by atoms with Gasteiger partial charge in [0.15, 0.2) is 0 Å². The number of esters is 2. The molecule has 6 N–H and O–H groups in total. The van der Waals surface area contributed by atoms with E-state index in [4.69, 9.17) is 30.4 Å². The van der Waals surface area contributed by atoms with Gasteiger partial charge in [0.25, 0.3) is 11.8 Å². The first-order valence-corrected chi connectivity index (χ1v) is 21.3. The van der Waals surface area contributed by atoms with Gasteiger partial charge in [0, 0.05) is 50.7 Å². The number of primary amides is 2.